The lowest BCUT2D eigenvalue weighted by molar-refractivity contribution is -0.129. The number of rotatable bonds is 8. The summed E-state index contributed by atoms with van der Waals surface area (Å²) in [6.07, 6.45) is 6.61. The highest BCUT2D eigenvalue weighted by molar-refractivity contribution is 5.81. The first-order chi connectivity index (χ1) is 12.2. The molecule has 0 radical (unpaired) electrons. The fourth-order valence-electron chi connectivity index (χ4n) is 3.53. The average molecular weight is 352 g/mol. The van der Waals surface area contributed by atoms with E-state index in [4.69, 9.17) is 0 Å². The highest BCUT2D eigenvalue weighted by Gasteiger charge is 2.17. The molecule has 0 aromatic rings. The van der Waals surface area contributed by atoms with E-state index in [1.165, 1.54) is 25.9 Å². The van der Waals surface area contributed by atoms with E-state index in [0.717, 1.165) is 63.9 Å². The van der Waals surface area contributed by atoms with Crippen LogP contribution in [0.15, 0.2) is 4.99 Å². The molecular weight excluding hydrogens is 314 g/mol. The van der Waals surface area contributed by atoms with Crippen LogP contribution in [0, 0.1) is 5.92 Å². The Bertz CT molecular complexity index is 412. The first-order valence-electron chi connectivity index (χ1n) is 10.2. The Labute approximate surface area is 153 Å². The summed E-state index contributed by atoms with van der Waals surface area (Å²) >= 11 is 0. The van der Waals surface area contributed by atoms with Gasteiger partial charge in [-0.25, -0.2) is 0 Å². The average Bonchev–Trinajstić information content (AvgIpc) is 3.15. The van der Waals surface area contributed by atoms with Crippen molar-refractivity contribution in [2.75, 3.05) is 52.4 Å². The Balaban J connectivity index is 1.61. The number of carbonyl (C=O) groups excluding carboxylic acids is 1. The highest BCUT2D eigenvalue weighted by atomic mass is 16.2. The number of guanidine groups is 1. The second-order valence-electron chi connectivity index (χ2n) is 7.40. The molecule has 2 N–H and O–H groups in total. The molecule has 1 amide bonds. The Kier molecular flexibility index (Phi) is 9.08. The molecule has 6 heteroatoms. The number of aliphatic imine (C=N–C) groups is 1. The monoisotopic (exact) mass is 351 g/mol. The summed E-state index contributed by atoms with van der Waals surface area (Å²) in [7, 11) is 0. The van der Waals surface area contributed by atoms with Crippen LogP contribution in [0.4, 0.5) is 0 Å². The summed E-state index contributed by atoms with van der Waals surface area (Å²) in [5.74, 6) is 1.99. The molecule has 0 unspecified atom stereocenters. The summed E-state index contributed by atoms with van der Waals surface area (Å²) in [6, 6.07) is 0. The molecule has 0 spiro atoms. The number of amides is 1. The van der Waals surface area contributed by atoms with Crippen molar-refractivity contribution in [3.05, 3.63) is 0 Å². The van der Waals surface area contributed by atoms with Crippen LogP contribution in [0.25, 0.3) is 0 Å². The minimum absolute atomic E-state index is 0.264. The summed E-state index contributed by atoms with van der Waals surface area (Å²) in [5, 5.41) is 6.57. The first-order valence-corrected chi connectivity index (χ1v) is 10.2. The minimum Gasteiger partial charge on any atom is -0.357 e. The van der Waals surface area contributed by atoms with Crippen molar-refractivity contribution in [3.8, 4) is 0 Å². The number of likely N-dealkylation sites (tertiary alicyclic amines) is 2. The van der Waals surface area contributed by atoms with Crippen LogP contribution in [-0.2, 0) is 4.79 Å². The van der Waals surface area contributed by atoms with Crippen molar-refractivity contribution in [1.29, 1.82) is 0 Å². The molecule has 25 heavy (non-hydrogen) atoms. The van der Waals surface area contributed by atoms with Crippen LogP contribution in [0.1, 0.15) is 52.4 Å². The highest BCUT2D eigenvalue weighted by Crippen LogP contribution is 2.15. The Hall–Kier alpha value is -1.30. The van der Waals surface area contributed by atoms with E-state index in [1.54, 1.807) is 0 Å². The molecule has 6 nitrogen and oxygen atoms in total. The van der Waals surface area contributed by atoms with E-state index in [1.807, 2.05) is 4.90 Å². The van der Waals surface area contributed by atoms with Crippen molar-refractivity contribution < 1.29 is 4.79 Å². The second kappa shape index (κ2) is 11.3. The summed E-state index contributed by atoms with van der Waals surface area (Å²) in [6.45, 7) is 12.2. The predicted molar refractivity (Wildman–Crippen MR) is 104 cm³/mol. The van der Waals surface area contributed by atoms with Crippen LogP contribution in [0.2, 0.25) is 0 Å². The third-order valence-electron chi connectivity index (χ3n) is 5.21. The molecule has 2 saturated heterocycles. The van der Waals surface area contributed by atoms with Gasteiger partial charge in [0.25, 0.3) is 0 Å². The molecule has 144 valence electrons. The normalized spacial score (nSPS) is 20.1. The number of carbonyl (C=O) groups is 1. The third-order valence-corrected chi connectivity index (χ3v) is 5.21. The Morgan fingerprint density at radius 3 is 2.52 bits per heavy atom. The van der Waals surface area contributed by atoms with Gasteiger partial charge >= 0.3 is 0 Å². The zero-order chi connectivity index (χ0) is 17.9. The molecule has 2 aliphatic heterocycles. The van der Waals surface area contributed by atoms with E-state index in [-0.39, 0.29) is 5.91 Å². The molecule has 2 aliphatic rings. The van der Waals surface area contributed by atoms with Gasteiger partial charge in [0.05, 0.1) is 0 Å². The van der Waals surface area contributed by atoms with Gasteiger partial charge in [-0.1, -0.05) is 6.92 Å². The van der Waals surface area contributed by atoms with Crippen LogP contribution in [-0.4, -0.2) is 74.0 Å². The van der Waals surface area contributed by atoms with Gasteiger partial charge in [0.15, 0.2) is 5.96 Å². The van der Waals surface area contributed by atoms with Crippen LogP contribution in [0.3, 0.4) is 0 Å². The summed E-state index contributed by atoms with van der Waals surface area (Å²) < 4.78 is 0. The number of hydrogen-bond acceptors (Lipinski definition) is 3. The molecule has 2 heterocycles. The van der Waals surface area contributed by atoms with E-state index in [9.17, 15) is 4.79 Å². The largest absolute Gasteiger partial charge is 0.357 e. The van der Waals surface area contributed by atoms with Gasteiger partial charge in [-0.05, 0) is 64.6 Å². The van der Waals surface area contributed by atoms with Crippen LogP contribution >= 0.6 is 0 Å². The van der Waals surface area contributed by atoms with Crippen molar-refractivity contribution >= 4 is 11.9 Å². The SMILES string of the molecule is CCNC(=NCCCN1CCC(C)CC1)NCCC(=O)N1CCCC1. The van der Waals surface area contributed by atoms with E-state index in [0.29, 0.717) is 13.0 Å². The lowest BCUT2D eigenvalue weighted by Gasteiger charge is -2.29. The topological polar surface area (TPSA) is 60.0 Å². The van der Waals surface area contributed by atoms with Crippen molar-refractivity contribution in [1.82, 2.24) is 20.4 Å². The first kappa shape index (κ1) is 20.0. The quantitative estimate of drug-likeness (QED) is 0.397. The number of nitrogens with zero attached hydrogens (tertiary/aromatic N) is 3. The Morgan fingerprint density at radius 2 is 1.84 bits per heavy atom. The zero-order valence-corrected chi connectivity index (χ0v) is 16.2. The molecule has 0 aliphatic carbocycles. The minimum atomic E-state index is 0.264. The standard InChI is InChI=1S/C19H37N5O/c1-3-20-19(22-11-7-18(25)24-13-4-5-14-24)21-10-6-12-23-15-8-17(2)9-16-23/h17H,3-16H2,1-2H3,(H2,20,21,22). The fourth-order valence-corrected chi connectivity index (χ4v) is 3.53. The van der Waals surface area contributed by atoms with Gasteiger partial charge in [-0.15, -0.1) is 0 Å². The maximum absolute atomic E-state index is 12.1. The lowest BCUT2D eigenvalue weighted by atomic mass is 9.99. The van der Waals surface area contributed by atoms with E-state index < -0.39 is 0 Å². The van der Waals surface area contributed by atoms with Crippen molar-refractivity contribution in [3.63, 3.8) is 0 Å². The molecule has 2 rings (SSSR count). The molecule has 0 aromatic heterocycles. The van der Waals surface area contributed by atoms with E-state index >= 15 is 0 Å². The molecule has 0 bridgehead atoms. The summed E-state index contributed by atoms with van der Waals surface area (Å²) in [5.41, 5.74) is 0. The maximum atomic E-state index is 12.1. The summed E-state index contributed by atoms with van der Waals surface area (Å²) in [4.78, 5) is 21.3. The fraction of sp³-hybridized carbons (Fsp3) is 0.895. The van der Waals surface area contributed by atoms with Gasteiger partial charge in [-0.2, -0.15) is 0 Å². The molecule has 2 fully saturated rings. The molecule has 0 aromatic carbocycles. The van der Waals surface area contributed by atoms with Crippen LogP contribution in [0.5, 0.6) is 0 Å². The number of nitrogens with one attached hydrogen (secondary N) is 2. The van der Waals surface area contributed by atoms with Gasteiger partial charge in [0.1, 0.15) is 0 Å². The smallest absolute Gasteiger partial charge is 0.224 e. The zero-order valence-electron chi connectivity index (χ0n) is 16.2. The van der Waals surface area contributed by atoms with Crippen LogP contribution < -0.4 is 10.6 Å². The maximum Gasteiger partial charge on any atom is 0.224 e. The molecular formula is C19H37N5O. The van der Waals surface area contributed by atoms with Gasteiger partial charge in [0, 0.05) is 39.1 Å². The van der Waals surface area contributed by atoms with Crippen molar-refractivity contribution in [2.24, 2.45) is 10.9 Å². The van der Waals surface area contributed by atoms with Crippen molar-refractivity contribution in [2.45, 2.75) is 52.4 Å². The number of hydrogen-bond donors (Lipinski definition) is 2. The van der Waals surface area contributed by atoms with Gasteiger partial charge in [0.2, 0.25) is 5.91 Å². The molecule has 0 saturated carbocycles. The number of piperidine rings is 1. The predicted octanol–water partition coefficient (Wildman–Crippen LogP) is 1.68. The lowest BCUT2D eigenvalue weighted by Crippen LogP contribution is -2.40. The molecule has 0 atom stereocenters. The second-order valence-corrected chi connectivity index (χ2v) is 7.40. The van der Waals surface area contributed by atoms with Gasteiger partial charge in [-0.3, -0.25) is 9.79 Å². The van der Waals surface area contributed by atoms with Gasteiger partial charge < -0.3 is 20.4 Å². The van der Waals surface area contributed by atoms with E-state index in [2.05, 4.69) is 34.4 Å². The third kappa shape index (κ3) is 7.63. The Morgan fingerprint density at radius 1 is 1.12 bits per heavy atom.